The number of nitrogens with two attached hydrogens (primary N) is 1. The van der Waals surface area contributed by atoms with Crippen LogP contribution in [0.25, 0.3) is 0 Å². The van der Waals surface area contributed by atoms with E-state index < -0.39 is 0 Å². The molecule has 3 N–H and O–H groups in total. The number of aromatic nitrogens is 1. The second-order valence-electron chi connectivity index (χ2n) is 4.40. The Balaban J connectivity index is 1.69. The van der Waals surface area contributed by atoms with Crippen molar-refractivity contribution in [2.45, 2.75) is 24.6 Å². The molecule has 0 spiro atoms. The monoisotopic (exact) mass is 283 g/mol. The van der Waals surface area contributed by atoms with Crippen molar-refractivity contribution in [2.75, 3.05) is 11.9 Å². The summed E-state index contributed by atoms with van der Waals surface area (Å²) in [5.74, 6) is 1.39. The number of nitrogens with one attached hydrogen (secondary N) is 1. The summed E-state index contributed by atoms with van der Waals surface area (Å²) in [6, 6.07) is 4.31. The van der Waals surface area contributed by atoms with Crippen molar-refractivity contribution in [1.29, 1.82) is 0 Å². The molecule has 16 heavy (non-hydrogen) atoms. The van der Waals surface area contributed by atoms with E-state index in [9.17, 15) is 0 Å². The quantitative estimate of drug-likeness (QED) is 0.861. The van der Waals surface area contributed by atoms with Crippen LogP contribution in [0.1, 0.15) is 6.42 Å². The third-order valence-corrected chi connectivity index (χ3v) is 3.96. The number of pyridine rings is 1. The Hall–Kier alpha value is -0.650. The predicted octanol–water partition coefficient (Wildman–Crippen LogP) is 1.37. The molecule has 2 heterocycles. The van der Waals surface area contributed by atoms with E-state index in [0.717, 1.165) is 23.3 Å². The zero-order valence-corrected chi connectivity index (χ0v) is 10.4. The fourth-order valence-electron chi connectivity index (χ4n) is 2.56. The molecule has 1 aliphatic heterocycles. The van der Waals surface area contributed by atoms with Crippen molar-refractivity contribution in [3.05, 3.63) is 22.8 Å². The van der Waals surface area contributed by atoms with Gasteiger partial charge in [0.05, 0.1) is 12.1 Å². The van der Waals surface area contributed by atoms with Gasteiger partial charge < -0.3 is 15.8 Å². The van der Waals surface area contributed by atoms with Gasteiger partial charge in [-0.1, -0.05) is 0 Å². The Kier molecular flexibility index (Phi) is 2.61. The summed E-state index contributed by atoms with van der Waals surface area (Å²) in [4.78, 5) is 4.28. The smallest absolute Gasteiger partial charge is 0.126 e. The van der Waals surface area contributed by atoms with Crippen LogP contribution in [0, 0.1) is 5.92 Å². The third-order valence-electron chi connectivity index (χ3n) is 3.49. The van der Waals surface area contributed by atoms with Crippen LogP contribution in [0.2, 0.25) is 0 Å². The lowest BCUT2D eigenvalue weighted by atomic mass is 9.72. The lowest BCUT2D eigenvalue weighted by molar-refractivity contribution is 0.00524. The van der Waals surface area contributed by atoms with Gasteiger partial charge in [0.15, 0.2) is 0 Å². The summed E-state index contributed by atoms with van der Waals surface area (Å²) in [5.41, 5.74) is 6.11. The van der Waals surface area contributed by atoms with Gasteiger partial charge in [-0.15, -0.1) is 0 Å². The lowest BCUT2D eigenvalue weighted by Gasteiger charge is -2.45. The molecule has 1 saturated heterocycles. The molecule has 0 radical (unpaired) electrons. The van der Waals surface area contributed by atoms with Crippen LogP contribution in [0.15, 0.2) is 22.8 Å². The molecule has 4 nitrogen and oxygen atoms in total. The summed E-state index contributed by atoms with van der Waals surface area (Å²) in [5, 5.41) is 3.34. The highest BCUT2D eigenvalue weighted by molar-refractivity contribution is 9.10. The van der Waals surface area contributed by atoms with Gasteiger partial charge in [0.2, 0.25) is 0 Å². The molecule has 2 fully saturated rings. The molecule has 1 aliphatic carbocycles. The minimum Gasteiger partial charge on any atom is -0.376 e. The number of hydrogen-bond acceptors (Lipinski definition) is 4. The zero-order chi connectivity index (χ0) is 11.1. The highest BCUT2D eigenvalue weighted by Crippen LogP contribution is 2.39. The number of anilines is 1. The number of rotatable bonds is 2. The van der Waals surface area contributed by atoms with Gasteiger partial charge in [0, 0.05) is 29.2 Å². The molecule has 2 aliphatic rings. The first-order chi connectivity index (χ1) is 7.75. The Labute approximate surface area is 103 Å². The van der Waals surface area contributed by atoms with E-state index in [1.165, 1.54) is 0 Å². The maximum Gasteiger partial charge on any atom is 0.126 e. The maximum atomic E-state index is 6.11. The number of ether oxygens (including phenoxy) is 1. The van der Waals surface area contributed by atoms with Gasteiger partial charge in [0.25, 0.3) is 0 Å². The molecule has 4 unspecified atom stereocenters. The summed E-state index contributed by atoms with van der Waals surface area (Å²) in [6.45, 7) is 0.842. The Morgan fingerprint density at radius 2 is 2.38 bits per heavy atom. The largest absolute Gasteiger partial charge is 0.376 e. The van der Waals surface area contributed by atoms with E-state index in [1.807, 2.05) is 12.1 Å². The third kappa shape index (κ3) is 1.63. The average molecular weight is 284 g/mol. The van der Waals surface area contributed by atoms with Gasteiger partial charge in [-0.05, 0) is 34.5 Å². The van der Waals surface area contributed by atoms with Crippen molar-refractivity contribution < 1.29 is 4.74 Å². The zero-order valence-electron chi connectivity index (χ0n) is 8.77. The summed E-state index contributed by atoms with van der Waals surface area (Å²) in [6.07, 6.45) is 3.15. The maximum absolute atomic E-state index is 6.11. The van der Waals surface area contributed by atoms with Gasteiger partial charge in [-0.25, -0.2) is 4.98 Å². The van der Waals surface area contributed by atoms with E-state index in [4.69, 9.17) is 10.5 Å². The molecule has 1 aromatic heterocycles. The molecule has 3 rings (SSSR count). The van der Waals surface area contributed by atoms with Gasteiger partial charge in [-0.3, -0.25) is 0 Å². The first-order valence-electron chi connectivity index (χ1n) is 5.51. The minimum absolute atomic E-state index is 0.193. The summed E-state index contributed by atoms with van der Waals surface area (Å²) in [7, 11) is 0. The molecule has 1 saturated carbocycles. The van der Waals surface area contributed by atoms with Crippen LogP contribution in [0.4, 0.5) is 5.82 Å². The van der Waals surface area contributed by atoms with Crippen LogP contribution < -0.4 is 11.1 Å². The topological polar surface area (TPSA) is 60.2 Å². The van der Waals surface area contributed by atoms with E-state index in [1.54, 1.807) is 6.20 Å². The van der Waals surface area contributed by atoms with E-state index in [-0.39, 0.29) is 18.2 Å². The minimum atomic E-state index is 0.193. The second kappa shape index (κ2) is 3.98. The van der Waals surface area contributed by atoms with Gasteiger partial charge >= 0.3 is 0 Å². The number of fused-ring (bicyclic) bond motifs is 1. The molecule has 1 aromatic rings. The highest BCUT2D eigenvalue weighted by atomic mass is 79.9. The van der Waals surface area contributed by atoms with Crippen molar-refractivity contribution in [2.24, 2.45) is 11.7 Å². The van der Waals surface area contributed by atoms with Crippen molar-refractivity contribution in [3.63, 3.8) is 0 Å². The highest BCUT2D eigenvalue weighted by Gasteiger charge is 2.52. The normalized spacial score (nSPS) is 36.6. The van der Waals surface area contributed by atoms with Gasteiger partial charge in [-0.2, -0.15) is 0 Å². The fourth-order valence-corrected chi connectivity index (χ4v) is 2.79. The Bertz CT molecular complexity index is 383. The van der Waals surface area contributed by atoms with Crippen LogP contribution >= 0.6 is 15.9 Å². The van der Waals surface area contributed by atoms with E-state index in [2.05, 4.69) is 26.2 Å². The molecular formula is C11H14BrN3O. The molecule has 0 aromatic carbocycles. The van der Waals surface area contributed by atoms with Crippen molar-refractivity contribution in [3.8, 4) is 0 Å². The second-order valence-corrected chi connectivity index (χ2v) is 5.31. The SMILES string of the molecule is NC1C2CCOC2C1Nc1ccc(Br)cn1. The lowest BCUT2D eigenvalue weighted by Crippen LogP contribution is -2.65. The Morgan fingerprint density at radius 3 is 3.12 bits per heavy atom. The average Bonchev–Trinajstić information content (AvgIpc) is 2.73. The summed E-state index contributed by atoms with van der Waals surface area (Å²) >= 11 is 3.36. The molecule has 0 amide bonds. The molecule has 0 bridgehead atoms. The number of nitrogens with zero attached hydrogens (tertiary/aromatic N) is 1. The fraction of sp³-hybridized carbons (Fsp3) is 0.545. The molecule has 5 heteroatoms. The standard InChI is InChI=1S/C11H14BrN3O/c12-6-1-2-8(14-5-6)15-10-9(13)7-3-4-16-11(7)10/h1-2,5,7,9-11H,3-4,13H2,(H,14,15). The molecule has 86 valence electrons. The van der Waals surface area contributed by atoms with Crippen LogP contribution in [0.5, 0.6) is 0 Å². The van der Waals surface area contributed by atoms with Crippen molar-refractivity contribution >= 4 is 21.7 Å². The Morgan fingerprint density at radius 1 is 1.50 bits per heavy atom. The number of halogens is 1. The number of hydrogen-bond donors (Lipinski definition) is 2. The van der Waals surface area contributed by atoms with E-state index in [0.29, 0.717) is 5.92 Å². The van der Waals surface area contributed by atoms with Gasteiger partial charge in [0.1, 0.15) is 5.82 Å². The van der Waals surface area contributed by atoms with E-state index >= 15 is 0 Å². The molecule has 4 atom stereocenters. The first-order valence-corrected chi connectivity index (χ1v) is 6.30. The molecular weight excluding hydrogens is 270 g/mol. The van der Waals surface area contributed by atoms with Crippen LogP contribution in [-0.4, -0.2) is 29.8 Å². The van der Waals surface area contributed by atoms with Crippen LogP contribution in [0.3, 0.4) is 0 Å². The van der Waals surface area contributed by atoms with Crippen LogP contribution in [-0.2, 0) is 4.74 Å². The summed E-state index contributed by atoms with van der Waals surface area (Å²) < 4.78 is 6.63. The first kappa shape index (κ1) is 10.5. The predicted molar refractivity (Wildman–Crippen MR) is 65.2 cm³/mol. The van der Waals surface area contributed by atoms with Crippen molar-refractivity contribution in [1.82, 2.24) is 4.98 Å².